The van der Waals surface area contributed by atoms with Crippen LogP contribution in [0.3, 0.4) is 0 Å². The number of halogens is 3. The van der Waals surface area contributed by atoms with Gasteiger partial charge in [0, 0.05) is 38.1 Å². The number of amides is 1. The van der Waals surface area contributed by atoms with Gasteiger partial charge in [0.15, 0.2) is 0 Å². The van der Waals surface area contributed by atoms with Crippen molar-refractivity contribution in [2.75, 3.05) is 24.5 Å². The van der Waals surface area contributed by atoms with E-state index >= 15 is 0 Å². The van der Waals surface area contributed by atoms with Gasteiger partial charge in [-0.2, -0.15) is 13.2 Å². The van der Waals surface area contributed by atoms with Gasteiger partial charge in [-0.15, -0.1) is 0 Å². The Bertz CT molecular complexity index is 876. The van der Waals surface area contributed by atoms with Gasteiger partial charge in [0.1, 0.15) is 12.2 Å². The van der Waals surface area contributed by atoms with Gasteiger partial charge in [-0.3, -0.25) is 9.59 Å². The summed E-state index contributed by atoms with van der Waals surface area (Å²) in [6.07, 6.45) is -0.435. The number of piperidine rings is 1. The van der Waals surface area contributed by atoms with Crippen LogP contribution in [0.1, 0.15) is 18.5 Å². The Labute approximate surface area is 159 Å². The molecule has 10 heteroatoms. The molecule has 1 saturated heterocycles. The van der Waals surface area contributed by atoms with Crippen molar-refractivity contribution in [3.8, 4) is 0 Å². The van der Waals surface area contributed by atoms with E-state index in [1.165, 1.54) is 10.6 Å². The van der Waals surface area contributed by atoms with Crippen LogP contribution in [0.25, 0.3) is 0 Å². The molecule has 2 aromatic rings. The average Bonchev–Trinajstić information content (AvgIpc) is 2.68. The standard InChI is InChI=1S/C18H20F3N5O2/c19-18(20,21)14-4-7-22-17(24-14)25-9-5-13(6-10-25)11-23-15(27)12-26-8-2-1-3-16(26)28/h1-4,7-8,13H,5-6,9-12H2,(H,23,27). The van der Waals surface area contributed by atoms with Gasteiger partial charge >= 0.3 is 6.18 Å². The Hall–Kier alpha value is -2.91. The number of pyridine rings is 1. The number of hydrogen-bond donors (Lipinski definition) is 1. The maximum Gasteiger partial charge on any atom is 0.433 e. The van der Waals surface area contributed by atoms with Crippen LogP contribution in [0.2, 0.25) is 0 Å². The molecule has 0 spiro atoms. The van der Waals surface area contributed by atoms with Crippen LogP contribution in [-0.2, 0) is 17.5 Å². The molecule has 1 N–H and O–H groups in total. The first-order valence-electron chi connectivity index (χ1n) is 8.90. The van der Waals surface area contributed by atoms with Gasteiger partial charge in [-0.25, -0.2) is 9.97 Å². The highest BCUT2D eigenvalue weighted by Crippen LogP contribution is 2.29. The van der Waals surface area contributed by atoms with Crippen molar-refractivity contribution in [2.45, 2.75) is 25.6 Å². The van der Waals surface area contributed by atoms with Gasteiger partial charge in [0.2, 0.25) is 11.9 Å². The third-order valence-electron chi connectivity index (χ3n) is 4.63. The van der Waals surface area contributed by atoms with Crippen LogP contribution in [0.15, 0.2) is 41.5 Å². The van der Waals surface area contributed by atoms with Crippen LogP contribution >= 0.6 is 0 Å². The molecular weight excluding hydrogens is 375 g/mol. The summed E-state index contributed by atoms with van der Waals surface area (Å²) in [4.78, 5) is 32.9. The number of rotatable bonds is 5. The topological polar surface area (TPSA) is 80.1 Å². The first-order chi connectivity index (χ1) is 13.3. The van der Waals surface area contributed by atoms with Crippen molar-refractivity contribution < 1.29 is 18.0 Å². The first kappa shape index (κ1) is 19.8. The molecule has 0 bridgehead atoms. The highest BCUT2D eigenvalue weighted by molar-refractivity contribution is 5.75. The Morgan fingerprint density at radius 2 is 1.96 bits per heavy atom. The third kappa shape index (κ3) is 5.08. The molecule has 1 aliphatic heterocycles. The summed E-state index contributed by atoms with van der Waals surface area (Å²) in [5.41, 5.74) is -1.20. The smallest absolute Gasteiger partial charge is 0.354 e. The maximum atomic E-state index is 12.8. The summed E-state index contributed by atoms with van der Waals surface area (Å²) in [7, 11) is 0. The molecule has 2 aromatic heterocycles. The largest absolute Gasteiger partial charge is 0.433 e. The molecule has 0 unspecified atom stereocenters. The molecule has 3 rings (SSSR count). The van der Waals surface area contributed by atoms with Crippen molar-refractivity contribution in [3.63, 3.8) is 0 Å². The molecule has 3 heterocycles. The monoisotopic (exact) mass is 395 g/mol. The zero-order chi connectivity index (χ0) is 20.1. The van der Waals surface area contributed by atoms with E-state index in [9.17, 15) is 22.8 Å². The first-order valence-corrected chi connectivity index (χ1v) is 8.90. The summed E-state index contributed by atoms with van der Waals surface area (Å²) in [5.74, 6) is 0.0243. The van der Waals surface area contributed by atoms with Gasteiger partial charge in [-0.1, -0.05) is 6.07 Å². The lowest BCUT2D eigenvalue weighted by molar-refractivity contribution is -0.141. The molecule has 0 atom stereocenters. The second kappa shape index (κ2) is 8.41. The third-order valence-corrected chi connectivity index (χ3v) is 4.63. The number of aromatic nitrogens is 3. The summed E-state index contributed by atoms with van der Waals surface area (Å²) in [6.45, 7) is 1.44. The molecule has 1 fully saturated rings. The van der Waals surface area contributed by atoms with Crippen LogP contribution in [0.4, 0.5) is 19.1 Å². The maximum absolute atomic E-state index is 12.8. The van der Waals surface area contributed by atoms with Crippen molar-refractivity contribution in [3.05, 3.63) is 52.7 Å². The number of nitrogens with zero attached hydrogens (tertiary/aromatic N) is 4. The van der Waals surface area contributed by atoms with Crippen LogP contribution < -0.4 is 15.8 Å². The minimum absolute atomic E-state index is 0.0450. The number of hydrogen-bond acceptors (Lipinski definition) is 5. The fourth-order valence-corrected chi connectivity index (χ4v) is 3.06. The van der Waals surface area contributed by atoms with E-state index < -0.39 is 11.9 Å². The quantitative estimate of drug-likeness (QED) is 0.834. The lowest BCUT2D eigenvalue weighted by Crippen LogP contribution is -2.40. The zero-order valence-corrected chi connectivity index (χ0v) is 15.0. The highest BCUT2D eigenvalue weighted by atomic mass is 19.4. The molecule has 0 aromatic carbocycles. The van der Waals surface area contributed by atoms with Gasteiger partial charge in [-0.05, 0) is 30.9 Å². The van der Waals surface area contributed by atoms with E-state index in [-0.39, 0.29) is 29.9 Å². The van der Waals surface area contributed by atoms with Gasteiger partial charge < -0.3 is 14.8 Å². The Balaban J connectivity index is 1.47. The molecule has 150 valence electrons. The predicted octanol–water partition coefficient (Wildman–Crippen LogP) is 1.69. The average molecular weight is 395 g/mol. The zero-order valence-electron chi connectivity index (χ0n) is 15.0. The number of carbonyl (C=O) groups excluding carboxylic acids is 1. The van der Waals surface area contributed by atoms with Crippen molar-refractivity contribution in [1.82, 2.24) is 19.9 Å². The minimum Gasteiger partial charge on any atom is -0.354 e. The summed E-state index contributed by atoms with van der Waals surface area (Å²) < 4.78 is 39.7. The lowest BCUT2D eigenvalue weighted by Gasteiger charge is -2.32. The van der Waals surface area contributed by atoms with Crippen LogP contribution in [-0.4, -0.2) is 40.1 Å². The summed E-state index contributed by atoms with van der Waals surface area (Å²) in [6, 6.07) is 5.53. The van der Waals surface area contributed by atoms with E-state index in [1.54, 1.807) is 23.2 Å². The Morgan fingerprint density at radius 3 is 2.64 bits per heavy atom. The summed E-state index contributed by atoms with van der Waals surface area (Å²) in [5, 5.41) is 2.81. The molecular formula is C18H20F3N5O2. The highest BCUT2D eigenvalue weighted by Gasteiger charge is 2.33. The normalized spacial score (nSPS) is 15.5. The molecule has 0 aliphatic carbocycles. The number of carbonyl (C=O) groups is 1. The van der Waals surface area contributed by atoms with E-state index in [4.69, 9.17) is 0 Å². The van der Waals surface area contributed by atoms with E-state index in [0.717, 1.165) is 12.3 Å². The Kier molecular flexibility index (Phi) is 5.96. The Morgan fingerprint density at radius 1 is 1.21 bits per heavy atom. The number of alkyl halides is 3. The van der Waals surface area contributed by atoms with Crippen molar-refractivity contribution in [1.29, 1.82) is 0 Å². The molecule has 1 amide bonds. The van der Waals surface area contributed by atoms with E-state index in [1.807, 2.05) is 0 Å². The number of anilines is 1. The van der Waals surface area contributed by atoms with Gasteiger partial charge in [0.05, 0.1) is 0 Å². The van der Waals surface area contributed by atoms with Crippen molar-refractivity contribution in [2.24, 2.45) is 5.92 Å². The van der Waals surface area contributed by atoms with Gasteiger partial charge in [0.25, 0.3) is 5.56 Å². The second-order valence-corrected chi connectivity index (χ2v) is 6.64. The summed E-state index contributed by atoms with van der Waals surface area (Å²) >= 11 is 0. The predicted molar refractivity (Wildman–Crippen MR) is 95.7 cm³/mol. The SMILES string of the molecule is O=C(Cn1ccccc1=O)NCC1CCN(c2nccc(C(F)(F)F)n2)CC1. The van der Waals surface area contributed by atoms with E-state index in [2.05, 4.69) is 15.3 Å². The second-order valence-electron chi connectivity index (χ2n) is 6.64. The number of nitrogens with one attached hydrogen (secondary N) is 1. The fourth-order valence-electron chi connectivity index (χ4n) is 3.06. The molecule has 0 radical (unpaired) electrons. The van der Waals surface area contributed by atoms with Crippen LogP contribution in [0.5, 0.6) is 0 Å². The van der Waals surface area contributed by atoms with E-state index in [0.29, 0.717) is 32.5 Å². The fraction of sp³-hybridized carbons (Fsp3) is 0.444. The van der Waals surface area contributed by atoms with Crippen LogP contribution in [0, 0.1) is 5.92 Å². The molecule has 0 saturated carbocycles. The lowest BCUT2D eigenvalue weighted by atomic mass is 9.97. The molecule has 28 heavy (non-hydrogen) atoms. The molecule has 7 nitrogen and oxygen atoms in total. The van der Waals surface area contributed by atoms with Crippen molar-refractivity contribution >= 4 is 11.9 Å². The molecule has 1 aliphatic rings. The minimum atomic E-state index is -4.50.